The normalized spacial score (nSPS) is 11.5. The number of aliphatic carboxylic acids is 1. The molecule has 6 heteroatoms. The number of ether oxygens (including phenoxy) is 2. The van der Waals surface area contributed by atoms with E-state index in [1.807, 2.05) is 44.2 Å². The second-order valence-electron chi connectivity index (χ2n) is 5.90. The van der Waals surface area contributed by atoms with Crippen molar-refractivity contribution in [1.29, 1.82) is 0 Å². The van der Waals surface area contributed by atoms with Crippen LogP contribution in [0.25, 0.3) is 0 Å². The number of carboxylic acid groups (broad SMARTS) is 1. The molecule has 2 rings (SSSR count). The first-order valence-corrected chi connectivity index (χ1v) is 9.02. The first kappa shape index (κ1) is 20.3. The molecule has 0 aliphatic carbocycles. The van der Waals surface area contributed by atoms with E-state index >= 15 is 0 Å². The molecule has 2 N–H and O–H groups in total. The highest BCUT2D eigenvalue weighted by Crippen LogP contribution is 2.29. The van der Waals surface area contributed by atoms with Crippen molar-refractivity contribution >= 4 is 11.9 Å². The summed E-state index contributed by atoms with van der Waals surface area (Å²) >= 11 is 0. The first-order chi connectivity index (χ1) is 13.0. The molecule has 2 aromatic carbocycles. The van der Waals surface area contributed by atoms with E-state index in [4.69, 9.17) is 14.6 Å². The highest BCUT2D eigenvalue weighted by molar-refractivity contribution is 5.95. The highest BCUT2D eigenvalue weighted by Gasteiger charge is 2.18. The minimum absolute atomic E-state index is 0.0344. The molecule has 0 aliphatic heterocycles. The Bertz CT molecular complexity index is 760. The number of nitrogens with one attached hydrogen (secondary N) is 1. The van der Waals surface area contributed by atoms with Crippen LogP contribution in [0.3, 0.4) is 0 Å². The maximum absolute atomic E-state index is 12.7. The summed E-state index contributed by atoms with van der Waals surface area (Å²) in [5.41, 5.74) is 1.29. The molecule has 0 saturated heterocycles. The van der Waals surface area contributed by atoms with Gasteiger partial charge in [-0.15, -0.1) is 0 Å². The van der Waals surface area contributed by atoms with E-state index in [0.29, 0.717) is 36.7 Å². The van der Waals surface area contributed by atoms with Crippen LogP contribution in [0, 0.1) is 0 Å². The molecule has 0 bridgehead atoms. The third-order valence-corrected chi connectivity index (χ3v) is 3.96. The number of hydrogen-bond donors (Lipinski definition) is 2. The Morgan fingerprint density at radius 3 is 2.30 bits per heavy atom. The van der Waals surface area contributed by atoms with Crippen molar-refractivity contribution in [3.63, 3.8) is 0 Å². The molecule has 27 heavy (non-hydrogen) atoms. The van der Waals surface area contributed by atoms with Crippen molar-refractivity contribution in [3.8, 4) is 11.5 Å². The predicted molar refractivity (Wildman–Crippen MR) is 102 cm³/mol. The molecule has 0 aromatic heterocycles. The van der Waals surface area contributed by atoms with Crippen molar-refractivity contribution in [1.82, 2.24) is 5.32 Å². The van der Waals surface area contributed by atoms with E-state index in [2.05, 4.69) is 5.32 Å². The maximum atomic E-state index is 12.7. The quantitative estimate of drug-likeness (QED) is 0.663. The molecule has 0 heterocycles. The van der Waals surface area contributed by atoms with Gasteiger partial charge in [0.15, 0.2) is 11.5 Å². The van der Waals surface area contributed by atoms with Crippen LogP contribution in [-0.2, 0) is 4.79 Å². The van der Waals surface area contributed by atoms with Gasteiger partial charge >= 0.3 is 5.97 Å². The molecule has 1 amide bonds. The maximum Gasteiger partial charge on any atom is 0.303 e. The molecule has 0 fully saturated rings. The van der Waals surface area contributed by atoms with Gasteiger partial charge in [-0.25, -0.2) is 0 Å². The van der Waals surface area contributed by atoms with Crippen LogP contribution in [0.15, 0.2) is 48.5 Å². The van der Waals surface area contributed by atoms with Gasteiger partial charge in [-0.1, -0.05) is 30.3 Å². The van der Waals surface area contributed by atoms with Gasteiger partial charge in [-0.3, -0.25) is 9.59 Å². The van der Waals surface area contributed by atoms with E-state index < -0.39 is 12.0 Å². The summed E-state index contributed by atoms with van der Waals surface area (Å²) in [4.78, 5) is 23.7. The highest BCUT2D eigenvalue weighted by atomic mass is 16.5. The molecule has 2 aromatic rings. The Balaban J connectivity index is 2.20. The van der Waals surface area contributed by atoms with Crippen molar-refractivity contribution in [2.75, 3.05) is 13.2 Å². The SMILES string of the molecule is CCOc1ccc(C(=O)NC(CCC(=O)O)c2ccccc2)cc1OCC. The fourth-order valence-corrected chi connectivity index (χ4v) is 2.71. The summed E-state index contributed by atoms with van der Waals surface area (Å²) in [5.74, 6) is -0.0988. The summed E-state index contributed by atoms with van der Waals surface area (Å²) in [6.07, 6.45) is 0.272. The van der Waals surface area contributed by atoms with Crippen LogP contribution in [0.1, 0.15) is 48.7 Å². The standard InChI is InChI=1S/C21H25NO5/c1-3-26-18-12-10-16(14-19(18)27-4-2)21(25)22-17(11-13-20(23)24)15-8-6-5-7-9-15/h5-10,12,14,17H,3-4,11,13H2,1-2H3,(H,22,25)(H,23,24). The van der Waals surface area contributed by atoms with E-state index in [0.717, 1.165) is 5.56 Å². The Morgan fingerprint density at radius 2 is 1.67 bits per heavy atom. The average Bonchev–Trinajstić information content (AvgIpc) is 2.67. The Morgan fingerprint density at radius 1 is 1.00 bits per heavy atom. The number of carbonyl (C=O) groups excluding carboxylic acids is 1. The third kappa shape index (κ3) is 6.02. The van der Waals surface area contributed by atoms with Gasteiger partial charge in [0.2, 0.25) is 0 Å². The number of hydrogen-bond acceptors (Lipinski definition) is 4. The first-order valence-electron chi connectivity index (χ1n) is 9.02. The zero-order valence-electron chi connectivity index (χ0n) is 15.6. The molecule has 0 spiro atoms. The molecule has 0 saturated carbocycles. The van der Waals surface area contributed by atoms with Gasteiger partial charge in [-0.05, 0) is 44.0 Å². The summed E-state index contributed by atoms with van der Waals surface area (Å²) in [6, 6.07) is 14.0. The number of benzene rings is 2. The number of carboxylic acids is 1. The van der Waals surface area contributed by atoms with Crippen molar-refractivity contribution in [2.45, 2.75) is 32.7 Å². The zero-order chi connectivity index (χ0) is 19.6. The lowest BCUT2D eigenvalue weighted by Gasteiger charge is -2.19. The van der Waals surface area contributed by atoms with Crippen LogP contribution in [0.2, 0.25) is 0 Å². The van der Waals surface area contributed by atoms with Crippen LogP contribution in [-0.4, -0.2) is 30.2 Å². The third-order valence-electron chi connectivity index (χ3n) is 3.96. The molecule has 1 atom stereocenters. The van der Waals surface area contributed by atoms with Gasteiger partial charge in [0.1, 0.15) is 0 Å². The Labute approximate surface area is 159 Å². The summed E-state index contributed by atoms with van der Waals surface area (Å²) < 4.78 is 11.1. The van der Waals surface area contributed by atoms with E-state index in [1.165, 1.54) is 0 Å². The molecule has 144 valence electrons. The largest absolute Gasteiger partial charge is 0.490 e. The molecule has 0 radical (unpaired) electrons. The van der Waals surface area contributed by atoms with Crippen LogP contribution < -0.4 is 14.8 Å². The summed E-state index contributed by atoms with van der Waals surface area (Å²) in [7, 11) is 0. The van der Waals surface area contributed by atoms with E-state index in [-0.39, 0.29) is 12.3 Å². The van der Waals surface area contributed by atoms with E-state index in [1.54, 1.807) is 18.2 Å². The molecule has 6 nitrogen and oxygen atoms in total. The molecular formula is C21H25NO5. The van der Waals surface area contributed by atoms with Gasteiger partial charge < -0.3 is 19.9 Å². The number of carbonyl (C=O) groups is 2. The van der Waals surface area contributed by atoms with Crippen LogP contribution in [0.5, 0.6) is 11.5 Å². The molecule has 1 unspecified atom stereocenters. The smallest absolute Gasteiger partial charge is 0.303 e. The van der Waals surface area contributed by atoms with Crippen LogP contribution >= 0.6 is 0 Å². The van der Waals surface area contributed by atoms with Gasteiger partial charge in [-0.2, -0.15) is 0 Å². The van der Waals surface area contributed by atoms with Crippen molar-refractivity contribution in [2.24, 2.45) is 0 Å². The summed E-state index contributed by atoms with van der Waals surface area (Å²) in [6.45, 7) is 4.69. The second kappa shape index (κ2) is 10.2. The summed E-state index contributed by atoms with van der Waals surface area (Å²) in [5, 5.41) is 11.9. The fourth-order valence-electron chi connectivity index (χ4n) is 2.71. The average molecular weight is 371 g/mol. The lowest BCUT2D eigenvalue weighted by molar-refractivity contribution is -0.137. The number of rotatable bonds is 10. The van der Waals surface area contributed by atoms with Gasteiger partial charge in [0, 0.05) is 12.0 Å². The van der Waals surface area contributed by atoms with E-state index in [9.17, 15) is 9.59 Å². The lowest BCUT2D eigenvalue weighted by atomic mass is 10.0. The Kier molecular flexibility index (Phi) is 7.67. The minimum Gasteiger partial charge on any atom is -0.490 e. The zero-order valence-corrected chi connectivity index (χ0v) is 15.6. The Hall–Kier alpha value is -3.02. The topological polar surface area (TPSA) is 84.9 Å². The number of amides is 1. The van der Waals surface area contributed by atoms with Gasteiger partial charge in [0.05, 0.1) is 19.3 Å². The predicted octanol–water partition coefficient (Wildman–Crippen LogP) is 3.82. The molecule has 0 aliphatic rings. The molecular weight excluding hydrogens is 346 g/mol. The minimum atomic E-state index is -0.898. The second-order valence-corrected chi connectivity index (χ2v) is 5.90. The van der Waals surface area contributed by atoms with Gasteiger partial charge in [0.25, 0.3) is 5.91 Å². The fraction of sp³-hybridized carbons (Fsp3) is 0.333. The monoisotopic (exact) mass is 371 g/mol. The lowest BCUT2D eigenvalue weighted by Crippen LogP contribution is -2.29. The van der Waals surface area contributed by atoms with Crippen LogP contribution in [0.4, 0.5) is 0 Å². The van der Waals surface area contributed by atoms with Crippen molar-refractivity contribution < 1.29 is 24.2 Å². The van der Waals surface area contributed by atoms with Crippen molar-refractivity contribution in [3.05, 3.63) is 59.7 Å².